The van der Waals surface area contributed by atoms with Crippen LogP contribution >= 0.6 is 23.2 Å². The van der Waals surface area contributed by atoms with E-state index in [2.05, 4.69) is 10.6 Å². The number of rotatable bonds is 5. The molecule has 0 spiro atoms. The SMILES string of the molecule is O=C(COC(=O)Cc1ccc(Cl)cc1Cl)NC(=O)NC1CCCC1. The highest BCUT2D eigenvalue weighted by Gasteiger charge is 2.18. The number of benzene rings is 1. The molecule has 0 aliphatic heterocycles. The molecule has 1 fully saturated rings. The van der Waals surface area contributed by atoms with Gasteiger partial charge < -0.3 is 10.1 Å². The fourth-order valence-corrected chi connectivity index (χ4v) is 2.95. The second-order valence-electron chi connectivity index (χ2n) is 5.58. The van der Waals surface area contributed by atoms with Crippen molar-refractivity contribution >= 4 is 41.1 Å². The van der Waals surface area contributed by atoms with Gasteiger partial charge in [-0.3, -0.25) is 14.9 Å². The van der Waals surface area contributed by atoms with E-state index in [0.29, 0.717) is 15.6 Å². The Hall–Kier alpha value is -1.79. The van der Waals surface area contributed by atoms with Gasteiger partial charge in [0.05, 0.1) is 6.42 Å². The van der Waals surface area contributed by atoms with E-state index < -0.39 is 24.5 Å². The van der Waals surface area contributed by atoms with Gasteiger partial charge in [0, 0.05) is 16.1 Å². The number of imide groups is 1. The van der Waals surface area contributed by atoms with Crippen molar-refractivity contribution in [1.29, 1.82) is 0 Å². The van der Waals surface area contributed by atoms with Crippen molar-refractivity contribution in [3.8, 4) is 0 Å². The molecule has 0 aromatic heterocycles. The molecule has 0 radical (unpaired) electrons. The Labute approximate surface area is 149 Å². The molecule has 24 heavy (non-hydrogen) atoms. The standard InChI is InChI=1S/C16H18Cl2N2O4/c17-11-6-5-10(13(18)8-11)7-15(22)24-9-14(21)20-16(23)19-12-3-1-2-4-12/h5-6,8,12H,1-4,7,9H2,(H2,19,20,21,23). The summed E-state index contributed by atoms with van der Waals surface area (Å²) in [6.45, 7) is -0.526. The van der Waals surface area contributed by atoms with Gasteiger partial charge >= 0.3 is 12.0 Å². The van der Waals surface area contributed by atoms with Gasteiger partial charge in [0.15, 0.2) is 6.61 Å². The van der Waals surface area contributed by atoms with E-state index in [9.17, 15) is 14.4 Å². The summed E-state index contributed by atoms with van der Waals surface area (Å²) in [7, 11) is 0. The quantitative estimate of drug-likeness (QED) is 0.778. The van der Waals surface area contributed by atoms with Gasteiger partial charge in [-0.25, -0.2) is 4.79 Å². The molecule has 130 valence electrons. The van der Waals surface area contributed by atoms with Gasteiger partial charge in [-0.15, -0.1) is 0 Å². The lowest BCUT2D eigenvalue weighted by Gasteiger charge is -2.12. The molecule has 2 rings (SSSR count). The van der Waals surface area contributed by atoms with E-state index in [1.54, 1.807) is 12.1 Å². The first-order valence-corrected chi connectivity index (χ1v) is 8.39. The summed E-state index contributed by atoms with van der Waals surface area (Å²) >= 11 is 11.7. The zero-order valence-electron chi connectivity index (χ0n) is 12.9. The number of hydrogen-bond acceptors (Lipinski definition) is 4. The molecule has 3 amide bonds. The minimum atomic E-state index is -0.680. The zero-order valence-corrected chi connectivity index (χ0v) is 14.5. The second-order valence-corrected chi connectivity index (χ2v) is 6.42. The summed E-state index contributed by atoms with van der Waals surface area (Å²) in [5.41, 5.74) is 0.547. The normalized spacial score (nSPS) is 14.2. The molecule has 0 atom stereocenters. The van der Waals surface area contributed by atoms with Gasteiger partial charge in [0.1, 0.15) is 0 Å². The number of hydrogen-bond donors (Lipinski definition) is 2. The van der Waals surface area contributed by atoms with Crippen LogP contribution in [0.5, 0.6) is 0 Å². The van der Waals surface area contributed by atoms with Crippen LogP contribution in [0, 0.1) is 0 Å². The van der Waals surface area contributed by atoms with Crippen LogP contribution in [-0.2, 0) is 20.7 Å². The molecule has 1 aliphatic rings. The van der Waals surface area contributed by atoms with Crippen molar-refractivity contribution in [1.82, 2.24) is 10.6 Å². The van der Waals surface area contributed by atoms with Gasteiger partial charge in [-0.2, -0.15) is 0 Å². The number of esters is 1. The topological polar surface area (TPSA) is 84.5 Å². The Balaban J connectivity index is 1.70. The largest absolute Gasteiger partial charge is 0.455 e. The van der Waals surface area contributed by atoms with Crippen LogP contribution in [0.3, 0.4) is 0 Å². The molecule has 1 aromatic rings. The molecule has 0 bridgehead atoms. The van der Waals surface area contributed by atoms with Crippen LogP contribution in [0.2, 0.25) is 10.0 Å². The summed E-state index contributed by atoms with van der Waals surface area (Å²) in [6, 6.07) is 4.28. The van der Waals surface area contributed by atoms with Gasteiger partial charge in [0.25, 0.3) is 5.91 Å². The molecule has 1 aromatic carbocycles. The van der Waals surface area contributed by atoms with Crippen molar-refractivity contribution in [3.05, 3.63) is 33.8 Å². The number of urea groups is 1. The summed E-state index contributed by atoms with van der Waals surface area (Å²) < 4.78 is 4.84. The zero-order chi connectivity index (χ0) is 17.5. The Morgan fingerprint density at radius 1 is 1.17 bits per heavy atom. The maximum atomic E-state index is 11.7. The van der Waals surface area contributed by atoms with E-state index >= 15 is 0 Å². The first-order valence-electron chi connectivity index (χ1n) is 7.64. The third-order valence-electron chi connectivity index (χ3n) is 3.66. The molecule has 2 N–H and O–H groups in total. The molecule has 0 unspecified atom stereocenters. The third kappa shape index (κ3) is 6.02. The number of ether oxygens (including phenoxy) is 1. The monoisotopic (exact) mass is 372 g/mol. The first kappa shape index (κ1) is 18.5. The van der Waals surface area contributed by atoms with Crippen LogP contribution in [0.15, 0.2) is 18.2 Å². The average Bonchev–Trinajstić information content (AvgIpc) is 3.01. The molecular formula is C16H18Cl2N2O4. The lowest BCUT2D eigenvalue weighted by molar-refractivity contribution is -0.147. The predicted molar refractivity (Wildman–Crippen MR) is 90.1 cm³/mol. The van der Waals surface area contributed by atoms with Gasteiger partial charge in [0.2, 0.25) is 0 Å². The maximum absolute atomic E-state index is 11.7. The van der Waals surface area contributed by atoms with E-state index in [1.807, 2.05) is 0 Å². The minimum Gasteiger partial charge on any atom is -0.455 e. The Bertz CT molecular complexity index is 631. The van der Waals surface area contributed by atoms with Crippen LogP contribution in [0.25, 0.3) is 0 Å². The molecule has 1 aliphatic carbocycles. The number of carbonyl (C=O) groups is 3. The highest BCUT2D eigenvalue weighted by atomic mass is 35.5. The summed E-state index contributed by atoms with van der Waals surface area (Å²) in [6.07, 6.45) is 3.89. The molecule has 0 heterocycles. The number of amides is 3. The fourth-order valence-electron chi connectivity index (χ4n) is 2.47. The summed E-state index contributed by atoms with van der Waals surface area (Å²) in [5.74, 6) is -1.30. The van der Waals surface area contributed by atoms with E-state index in [4.69, 9.17) is 27.9 Å². The van der Waals surface area contributed by atoms with E-state index in [1.165, 1.54) is 6.07 Å². The molecule has 1 saturated carbocycles. The fraction of sp³-hybridized carbons (Fsp3) is 0.438. The summed E-state index contributed by atoms with van der Waals surface area (Å²) in [5, 5.41) is 5.65. The van der Waals surface area contributed by atoms with E-state index in [0.717, 1.165) is 25.7 Å². The number of nitrogens with one attached hydrogen (secondary N) is 2. The lowest BCUT2D eigenvalue weighted by Crippen LogP contribution is -2.45. The van der Waals surface area contributed by atoms with Crippen LogP contribution in [0.1, 0.15) is 31.2 Å². The third-order valence-corrected chi connectivity index (χ3v) is 4.24. The number of halogens is 2. The van der Waals surface area contributed by atoms with E-state index in [-0.39, 0.29) is 12.5 Å². The van der Waals surface area contributed by atoms with Crippen molar-refractivity contribution in [3.63, 3.8) is 0 Å². The number of carbonyl (C=O) groups excluding carboxylic acids is 3. The van der Waals surface area contributed by atoms with Gasteiger partial charge in [-0.1, -0.05) is 42.1 Å². The smallest absolute Gasteiger partial charge is 0.321 e. The Morgan fingerprint density at radius 3 is 2.54 bits per heavy atom. The maximum Gasteiger partial charge on any atom is 0.321 e. The summed E-state index contributed by atoms with van der Waals surface area (Å²) in [4.78, 5) is 34.9. The minimum absolute atomic E-state index is 0.0858. The average molecular weight is 373 g/mol. The Morgan fingerprint density at radius 2 is 1.88 bits per heavy atom. The molecule has 8 heteroatoms. The highest BCUT2D eigenvalue weighted by Crippen LogP contribution is 2.21. The van der Waals surface area contributed by atoms with Crippen LogP contribution < -0.4 is 10.6 Å². The highest BCUT2D eigenvalue weighted by molar-refractivity contribution is 6.35. The molecule has 6 nitrogen and oxygen atoms in total. The van der Waals surface area contributed by atoms with Crippen LogP contribution in [-0.4, -0.2) is 30.6 Å². The Kier molecular flexibility index (Phi) is 6.87. The predicted octanol–water partition coefficient (Wildman–Crippen LogP) is 2.85. The molecule has 0 saturated heterocycles. The molecular weight excluding hydrogens is 355 g/mol. The van der Waals surface area contributed by atoms with Crippen molar-refractivity contribution in [2.24, 2.45) is 0 Å². The van der Waals surface area contributed by atoms with Crippen LogP contribution in [0.4, 0.5) is 4.79 Å². The lowest BCUT2D eigenvalue weighted by atomic mass is 10.1. The van der Waals surface area contributed by atoms with Crippen molar-refractivity contribution in [2.75, 3.05) is 6.61 Å². The van der Waals surface area contributed by atoms with Gasteiger partial charge in [-0.05, 0) is 30.5 Å². The van der Waals surface area contributed by atoms with Crippen molar-refractivity contribution in [2.45, 2.75) is 38.1 Å². The second kappa shape index (κ2) is 8.89. The van der Waals surface area contributed by atoms with Crippen molar-refractivity contribution < 1.29 is 19.1 Å². The first-order chi connectivity index (χ1) is 11.4.